The largest absolute Gasteiger partial charge is 0.299 e. The van der Waals surface area contributed by atoms with Crippen LogP contribution in [0.5, 0.6) is 0 Å². The molecule has 2 atom stereocenters. The van der Waals surface area contributed by atoms with E-state index in [1.807, 2.05) is 0 Å². The minimum absolute atomic E-state index is 0.207. The molecule has 2 aliphatic rings. The van der Waals surface area contributed by atoms with E-state index in [-0.39, 0.29) is 5.41 Å². The number of Topliss-reactive ketones (excluding diaryl/α,β-unsaturated/α-hetero) is 1. The summed E-state index contributed by atoms with van der Waals surface area (Å²) in [5.41, 5.74) is 0.207. The Morgan fingerprint density at radius 2 is 2.50 bits per heavy atom. The summed E-state index contributed by atoms with van der Waals surface area (Å²) in [6.45, 7) is 2.16. The third-order valence-electron chi connectivity index (χ3n) is 3.37. The van der Waals surface area contributed by atoms with E-state index in [2.05, 4.69) is 6.92 Å². The van der Waals surface area contributed by atoms with Gasteiger partial charge in [-0.1, -0.05) is 6.92 Å². The molecule has 0 bridgehead atoms. The Hall–Kier alpha value is -0.330. The van der Waals surface area contributed by atoms with Gasteiger partial charge in [-0.25, -0.2) is 0 Å². The third kappa shape index (κ3) is 0.609. The molecule has 2 rings (SSSR count). The second-order valence-electron chi connectivity index (χ2n) is 3.73. The Kier molecular flexibility index (Phi) is 1.17. The van der Waals surface area contributed by atoms with Crippen molar-refractivity contribution in [3.05, 3.63) is 0 Å². The van der Waals surface area contributed by atoms with Crippen LogP contribution in [-0.4, -0.2) is 5.78 Å². The van der Waals surface area contributed by atoms with Gasteiger partial charge in [0.1, 0.15) is 5.78 Å². The summed E-state index contributed by atoms with van der Waals surface area (Å²) in [6, 6.07) is 0. The minimum atomic E-state index is 0.207. The van der Waals surface area contributed by atoms with E-state index in [0.29, 0.717) is 5.78 Å². The van der Waals surface area contributed by atoms with Gasteiger partial charge in [0, 0.05) is 11.8 Å². The van der Waals surface area contributed by atoms with Crippen molar-refractivity contribution in [1.29, 1.82) is 0 Å². The van der Waals surface area contributed by atoms with Gasteiger partial charge < -0.3 is 0 Å². The summed E-state index contributed by atoms with van der Waals surface area (Å²) < 4.78 is 0. The van der Waals surface area contributed by atoms with Crippen molar-refractivity contribution >= 4 is 5.78 Å². The van der Waals surface area contributed by atoms with Crippen LogP contribution in [0.1, 0.15) is 39.0 Å². The van der Waals surface area contributed by atoms with E-state index in [0.717, 1.165) is 25.2 Å². The normalized spacial score (nSPS) is 44.9. The van der Waals surface area contributed by atoms with Crippen LogP contribution in [0, 0.1) is 11.3 Å². The molecule has 0 amide bonds. The van der Waals surface area contributed by atoms with Crippen LogP contribution >= 0.6 is 0 Å². The SMILES string of the molecule is CC[C@]12C[C@H]1CCCC2=O. The van der Waals surface area contributed by atoms with Crippen LogP contribution in [-0.2, 0) is 4.79 Å². The molecule has 10 heavy (non-hydrogen) atoms. The fraction of sp³-hybridized carbons (Fsp3) is 0.889. The zero-order valence-electron chi connectivity index (χ0n) is 6.52. The van der Waals surface area contributed by atoms with Crippen LogP contribution in [0.3, 0.4) is 0 Å². The predicted molar refractivity (Wildman–Crippen MR) is 39.7 cm³/mol. The zero-order chi connectivity index (χ0) is 7.19. The highest BCUT2D eigenvalue weighted by molar-refractivity contribution is 5.88. The molecular formula is C9H14O. The van der Waals surface area contributed by atoms with Gasteiger partial charge in [0.15, 0.2) is 0 Å². The number of ketones is 1. The highest BCUT2D eigenvalue weighted by Gasteiger charge is 2.58. The standard InChI is InChI=1S/C9H14O/c1-2-9-6-7(9)4-3-5-8(9)10/h7H,2-6H2,1H3/t7-,9+/m1/s1. The molecule has 0 aromatic carbocycles. The summed E-state index contributed by atoms with van der Waals surface area (Å²) in [7, 11) is 0. The van der Waals surface area contributed by atoms with Crippen LogP contribution < -0.4 is 0 Å². The molecule has 1 heteroatoms. The van der Waals surface area contributed by atoms with Crippen molar-refractivity contribution in [2.45, 2.75) is 39.0 Å². The maximum Gasteiger partial charge on any atom is 0.139 e. The Balaban J connectivity index is 2.17. The fourth-order valence-corrected chi connectivity index (χ4v) is 2.49. The molecule has 56 valence electrons. The molecule has 2 aliphatic carbocycles. The van der Waals surface area contributed by atoms with E-state index in [1.54, 1.807) is 0 Å². The van der Waals surface area contributed by atoms with Gasteiger partial charge in [-0.3, -0.25) is 4.79 Å². The second-order valence-corrected chi connectivity index (χ2v) is 3.73. The van der Waals surface area contributed by atoms with Gasteiger partial charge in [0.2, 0.25) is 0 Å². The summed E-state index contributed by atoms with van der Waals surface area (Å²) >= 11 is 0. The maximum absolute atomic E-state index is 11.4. The average Bonchev–Trinajstić information content (AvgIpc) is 2.65. The first-order valence-electron chi connectivity index (χ1n) is 4.33. The van der Waals surface area contributed by atoms with Crippen LogP contribution in [0.4, 0.5) is 0 Å². The van der Waals surface area contributed by atoms with Gasteiger partial charge in [0.25, 0.3) is 0 Å². The molecule has 0 aromatic rings. The van der Waals surface area contributed by atoms with Gasteiger partial charge in [-0.05, 0) is 31.6 Å². The molecule has 0 spiro atoms. The van der Waals surface area contributed by atoms with Crippen molar-refractivity contribution < 1.29 is 4.79 Å². The van der Waals surface area contributed by atoms with E-state index in [1.165, 1.54) is 12.8 Å². The number of rotatable bonds is 1. The Bertz CT molecular complexity index is 174. The number of fused-ring (bicyclic) bond motifs is 1. The monoisotopic (exact) mass is 138 g/mol. The number of carbonyl (C=O) groups excluding carboxylic acids is 1. The van der Waals surface area contributed by atoms with Crippen molar-refractivity contribution in [1.82, 2.24) is 0 Å². The van der Waals surface area contributed by atoms with Crippen molar-refractivity contribution in [3.8, 4) is 0 Å². The lowest BCUT2D eigenvalue weighted by atomic mass is 9.85. The molecule has 2 fully saturated rings. The van der Waals surface area contributed by atoms with Crippen molar-refractivity contribution in [2.24, 2.45) is 11.3 Å². The minimum Gasteiger partial charge on any atom is -0.299 e. The van der Waals surface area contributed by atoms with Crippen molar-refractivity contribution in [2.75, 3.05) is 0 Å². The lowest BCUT2D eigenvalue weighted by molar-refractivity contribution is -0.126. The van der Waals surface area contributed by atoms with Crippen LogP contribution in [0.15, 0.2) is 0 Å². The zero-order valence-corrected chi connectivity index (χ0v) is 6.52. The van der Waals surface area contributed by atoms with E-state index < -0.39 is 0 Å². The highest BCUT2D eigenvalue weighted by Crippen LogP contribution is 2.61. The molecule has 0 aromatic heterocycles. The average molecular weight is 138 g/mol. The third-order valence-corrected chi connectivity index (χ3v) is 3.37. The first-order chi connectivity index (χ1) is 4.79. The molecule has 1 nitrogen and oxygen atoms in total. The topological polar surface area (TPSA) is 17.1 Å². The number of hydrogen-bond acceptors (Lipinski definition) is 1. The van der Waals surface area contributed by atoms with Gasteiger partial charge >= 0.3 is 0 Å². The first-order valence-corrected chi connectivity index (χ1v) is 4.33. The number of carbonyl (C=O) groups is 1. The quantitative estimate of drug-likeness (QED) is 0.542. The van der Waals surface area contributed by atoms with Gasteiger partial charge in [-0.15, -0.1) is 0 Å². The van der Waals surface area contributed by atoms with E-state index in [9.17, 15) is 4.79 Å². The summed E-state index contributed by atoms with van der Waals surface area (Å²) in [4.78, 5) is 11.4. The Morgan fingerprint density at radius 3 is 3.00 bits per heavy atom. The van der Waals surface area contributed by atoms with Gasteiger partial charge in [-0.2, -0.15) is 0 Å². The molecular weight excluding hydrogens is 124 g/mol. The smallest absolute Gasteiger partial charge is 0.139 e. The molecule has 0 N–H and O–H groups in total. The molecule has 2 saturated carbocycles. The van der Waals surface area contributed by atoms with E-state index >= 15 is 0 Å². The molecule has 0 unspecified atom stereocenters. The Labute approximate surface area is 61.8 Å². The molecule has 0 heterocycles. The summed E-state index contributed by atoms with van der Waals surface area (Å²) in [5, 5.41) is 0. The summed E-state index contributed by atoms with van der Waals surface area (Å²) in [5.74, 6) is 1.35. The van der Waals surface area contributed by atoms with Gasteiger partial charge in [0.05, 0.1) is 0 Å². The fourth-order valence-electron chi connectivity index (χ4n) is 2.49. The molecule has 0 aliphatic heterocycles. The lowest BCUT2D eigenvalue weighted by Gasteiger charge is -2.18. The lowest BCUT2D eigenvalue weighted by Crippen LogP contribution is -2.20. The highest BCUT2D eigenvalue weighted by atomic mass is 16.1. The molecule has 0 radical (unpaired) electrons. The van der Waals surface area contributed by atoms with Crippen LogP contribution in [0.25, 0.3) is 0 Å². The maximum atomic E-state index is 11.4. The van der Waals surface area contributed by atoms with Crippen molar-refractivity contribution in [3.63, 3.8) is 0 Å². The van der Waals surface area contributed by atoms with Crippen LogP contribution in [0.2, 0.25) is 0 Å². The number of hydrogen-bond donors (Lipinski definition) is 0. The second kappa shape index (κ2) is 1.84. The summed E-state index contributed by atoms with van der Waals surface area (Å²) in [6.07, 6.45) is 5.65. The van der Waals surface area contributed by atoms with E-state index in [4.69, 9.17) is 0 Å². The first kappa shape index (κ1) is 6.38. The predicted octanol–water partition coefficient (Wildman–Crippen LogP) is 2.16. The Morgan fingerprint density at radius 1 is 1.70 bits per heavy atom. The molecule has 0 saturated heterocycles.